The Kier molecular flexibility index (Phi) is 5.90. The van der Waals surface area contributed by atoms with Crippen LogP contribution in [0.25, 0.3) is 0 Å². The molecule has 1 aliphatic rings. The van der Waals surface area contributed by atoms with E-state index >= 15 is 0 Å². The Morgan fingerprint density at radius 3 is 2.40 bits per heavy atom. The second-order valence-corrected chi connectivity index (χ2v) is 7.83. The molecule has 2 aromatic carbocycles. The lowest BCUT2D eigenvalue weighted by Crippen LogP contribution is -2.40. The smallest absolute Gasteiger partial charge is 0.242 e. The van der Waals surface area contributed by atoms with Gasteiger partial charge in [-0.1, -0.05) is 49.2 Å². The summed E-state index contributed by atoms with van der Waals surface area (Å²) in [5.41, 5.74) is 3.47. The Balaban J connectivity index is 1.76. The van der Waals surface area contributed by atoms with Crippen molar-refractivity contribution in [1.29, 1.82) is 5.26 Å². The molecule has 0 radical (unpaired) electrons. The summed E-state index contributed by atoms with van der Waals surface area (Å²) in [5.74, 6) is 0.131. The molecule has 0 saturated heterocycles. The highest BCUT2D eigenvalue weighted by Crippen LogP contribution is 2.49. The first-order valence-electron chi connectivity index (χ1n) is 10.5. The summed E-state index contributed by atoms with van der Waals surface area (Å²) in [4.78, 5) is 20.1. The molecule has 4 heteroatoms. The van der Waals surface area contributed by atoms with Crippen LogP contribution in [0.2, 0.25) is 0 Å². The van der Waals surface area contributed by atoms with Gasteiger partial charge in [0.25, 0.3) is 0 Å². The van der Waals surface area contributed by atoms with Crippen molar-refractivity contribution >= 4 is 17.3 Å². The van der Waals surface area contributed by atoms with E-state index in [-0.39, 0.29) is 5.91 Å². The van der Waals surface area contributed by atoms with Crippen LogP contribution in [0.1, 0.15) is 43.2 Å². The SMILES string of the molecule is N#CCCCCCC1(Cc2ccncc2)C(=O)N(c2ccccc2)c2ccccc21. The van der Waals surface area contributed by atoms with E-state index < -0.39 is 5.41 Å². The number of benzene rings is 2. The van der Waals surface area contributed by atoms with Crippen LogP contribution in [0.3, 0.4) is 0 Å². The average molecular weight is 396 g/mol. The molecule has 1 aliphatic heterocycles. The summed E-state index contributed by atoms with van der Waals surface area (Å²) in [7, 11) is 0. The Hall–Kier alpha value is -3.45. The number of aromatic nitrogens is 1. The van der Waals surface area contributed by atoms with Gasteiger partial charge >= 0.3 is 0 Å². The molecule has 4 rings (SSSR count). The van der Waals surface area contributed by atoms with Crippen molar-refractivity contribution in [2.45, 2.75) is 43.9 Å². The van der Waals surface area contributed by atoms with E-state index in [4.69, 9.17) is 5.26 Å². The fourth-order valence-electron chi connectivity index (χ4n) is 4.50. The van der Waals surface area contributed by atoms with Crippen LogP contribution in [-0.2, 0) is 16.6 Å². The average Bonchev–Trinajstić information content (AvgIpc) is 3.03. The predicted octanol–water partition coefficient (Wildman–Crippen LogP) is 5.71. The fourth-order valence-corrected chi connectivity index (χ4v) is 4.50. The second-order valence-electron chi connectivity index (χ2n) is 7.83. The molecule has 0 spiro atoms. The summed E-state index contributed by atoms with van der Waals surface area (Å²) in [5, 5.41) is 8.84. The van der Waals surface area contributed by atoms with Gasteiger partial charge in [-0.05, 0) is 60.7 Å². The van der Waals surface area contributed by atoms with E-state index in [1.807, 2.05) is 65.6 Å². The topological polar surface area (TPSA) is 57.0 Å². The number of nitrogens with zero attached hydrogens (tertiary/aromatic N) is 3. The number of fused-ring (bicyclic) bond motifs is 1. The molecule has 1 unspecified atom stereocenters. The van der Waals surface area contributed by atoms with Gasteiger partial charge in [-0.3, -0.25) is 14.7 Å². The number of nitriles is 1. The highest BCUT2D eigenvalue weighted by Gasteiger charge is 2.50. The molecule has 1 aromatic heterocycles. The summed E-state index contributed by atoms with van der Waals surface area (Å²) in [6.45, 7) is 0. The number of hydrogen-bond acceptors (Lipinski definition) is 3. The molecule has 150 valence electrons. The van der Waals surface area contributed by atoms with Crippen LogP contribution in [0.4, 0.5) is 11.4 Å². The quantitative estimate of drug-likeness (QED) is 0.459. The van der Waals surface area contributed by atoms with Gasteiger partial charge in [0, 0.05) is 24.5 Å². The maximum absolute atomic E-state index is 14.1. The fraction of sp³-hybridized carbons (Fsp3) is 0.269. The molecule has 0 aliphatic carbocycles. The number of carbonyl (C=O) groups excluding carboxylic acids is 1. The molecular formula is C26H25N3O. The lowest BCUT2D eigenvalue weighted by Gasteiger charge is -2.29. The molecule has 0 fully saturated rings. The van der Waals surface area contributed by atoms with E-state index in [0.717, 1.165) is 48.2 Å². The number of rotatable bonds is 8. The van der Waals surface area contributed by atoms with E-state index in [2.05, 4.69) is 17.1 Å². The molecule has 30 heavy (non-hydrogen) atoms. The Bertz CT molecular complexity index is 1040. The van der Waals surface area contributed by atoms with Crippen molar-refractivity contribution in [2.24, 2.45) is 0 Å². The van der Waals surface area contributed by atoms with Gasteiger partial charge in [0.15, 0.2) is 0 Å². The minimum Gasteiger partial charge on any atom is -0.280 e. The molecule has 1 atom stereocenters. The molecule has 2 heterocycles. The van der Waals surface area contributed by atoms with Crippen molar-refractivity contribution in [3.8, 4) is 6.07 Å². The first-order valence-corrected chi connectivity index (χ1v) is 10.5. The van der Waals surface area contributed by atoms with Crippen molar-refractivity contribution in [1.82, 2.24) is 4.98 Å². The number of pyridine rings is 1. The number of unbranched alkanes of at least 4 members (excludes halogenated alkanes) is 3. The Morgan fingerprint density at radius 2 is 1.63 bits per heavy atom. The Morgan fingerprint density at radius 1 is 0.900 bits per heavy atom. The molecule has 0 bridgehead atoms. The lowest BCUT2D eigenvalue weighted by molar-refractivity contribution is -0.122. The van der Waals surface area contributed by atoms with Gasteiger partial charge in [-0.15, -0.1) is 0 Å². The van der Waals surface area contributed by atoms with E-state index in [9.17, 15) is 4.79 Å². The zero-order chi connectivity index (χ0) is 20.8. The highest BCUT2D eigenvalue weighted by atomic mass is 16.2. The summed E-state index contributed by atoms with van der Waals surface area (Å²) < 4.78 is 0. The van der Waals surface area contributed by atoms with Gasteiger partial charge in [0.1, 0.15) is 0 Å². The molecular weight excluding hydrogens is 370 g/mol. The monoisotopic (exact) mass is 395 g/mol. The third-order valence-electron chi connectivity index (χ3n) is 5.93. The molecule has 1 amide bonds. The zero-order valence-corrected chi connectivity index (χ0v) is 17.0. The van der Waals surface area contributed by atoms with E-state index in [0.29, 0.717) is 12.8 Å². The molecule has 0 N–H and O–H groups in total. The van der Waals surface area contributed by atoms with Crippen LogP contribution in [0.5, 0.6) is 0 Å². The van der Waals surface area contributed by atoms with Crippen LogP contribution < -0.4 is 4.90 Å². The molecule has 4 nitrogen and oxygen atoms in total. The Labute approximate surface area is 177 Å². The summed E-state index contributed by atoms with van der Waals surface area (Å²) in [6, 6.07) is 24.3. The largest absolute Gasteiger partial charge is 0.280 e. The maximum Gasteiger partial charge on any atom is 0.242 e. The third-order valence-corrected chi connectivity index (χ3v) is 5.93. The molecule has 3 aromatic rings. The number of para-hydroxylation sites is 2. The van der Waals surface area contributed by atoms with Crippen LogP contribution in [0, 0.1) is 11.3 Å². The van der Waals surface area contributed by atoms with Crippen molar-refractivity contribution < 1.29 is 4.79 Å². The molecule has 0 saturated carbocycles. The predicted molar refractivity (Wildman–Crippen MR) is 118 cm³/mol. The van der Waals surface area contributed by atoms with Gasteiger partial charge in [0.05, 0.1) is 17.2 Å². The van der Waals surface area contributed by atoms with Crippen LogP contribution in [-0.4, -0.2) is 10.9 Å². The lowest BCUT2D eigenvalue weighted by atomic mass is 9.73. The standard InChI is InChI=1S/C26H25N3O/c27-17-9-2-1-8-16-26(20-21-14-18-28-19-15-21)23-12-6-7-13-24(23)29(25(26)30)22-10-4-3-5-11-22/h3-7,10-15,18-19H,1-2,8-9,16,20H2. The van der Waals surface area contributed by atoms with Crippen molar-refractivity contribution in [3.63, 3.8) is 0 Å². The van der Waals surface area contributed by atoms with E-state index in [1.165, 1.54) is 0 Å². The third kappa shape index (κ3) is 3.71. The van der Waals surface area contributed by atoms with Gasteiger partial charge < -0.3 is 0 Å². The first-order chi connectivity index (χ1) is 14.8. The van der Waals surface area contributed by atoms with Crippen LogP contribution >= 0.6 is 0 Å². The highest BCUT2D eigenvalue weighted by molar-refractivity contribution is 6.13. The minimum absolute atomic E-state index is 0.131. The number of carbonyl (C=O) groups is 1. The maximum atomic E-state index is 14.1. The summed E-state index contributed by atoms with van der Waals surface area (Å²) >= 11 is 0. The van der Waals surface area contributed by atoms with Crippen molar-refractivity contribution in [2.75, 3.05) is 4.90 Å². The van der Waals surface area contributed by atoms with Gasteiger partial charge in [-0.25, -0.2) is 0 Å². The van der Waals surface area contributed by atoms with E-state index in [1.54, 1.807) is 12.4 Å². The van der Waals surface area contributed by atoms with Gasteiger partial charge in [0.2, 0.25) is 5.91 Å². The zero-order valence-electron chi connectivity index (χ0n) is 17.0. The van der Waals surface area contributed by atoms with Crippen molar-refractivity contribution in [3.05, 3.63) is 90.3 Å². The number of anilines is 2. The van der Waals surface area contributed by atoms with Gasteiger partial charge in [-0.2, -0.15) is 5.26 Å². The normalized spacial score (nSPS) is 17.6. The number of hydrogen-bond donors (Lipinski definition) is 0. The number of amides is 1. The first kappa shape index (κ1) is 19.8. The minimum atomic E-state index is -0.611. The van der Waals surface area contributed by atoms with Crippen LogP contribution in [0.15, 0.2) is 79.1 Å². The summed E-state index contributed by atoms with van der Waals surface area (Å²) in [6.07, 6.45) is 8.29. The second kappa shape index (κ2) is 8.92.